The summed E-state index contributed by atoms with van der Waals surface area (Å²) >= 11 is 0. The summed E-state index contributed by atoms with van der Waals surface area (Å²) in [7, 11) is 0. The maximum Gasteiger partial charge on any atom is 0.270 e. The van der Waals surface area contributed by atoms with Crippen LogP contribution in [0.5, 0.6) is 0 Å². The predicted octanol–water partition coefficient (Wildman–Crippen LogP) is 3.93. The van der Waals surface area contributed by atoms with E-state index in [2.05, 4.69) is 31.2 Å². The van der Waals surface area contributed by atoms with Gasteiger partial charge in [0.1, 0.15) is 17.8 Å². The molecular formula is C41H57N7O6. The van der Waals surface area contributed by atoms with Gasteiger partial charge in [0.15, 0.2) is 0 Å². The van der Waals surface area contributed by atoms with Gasteiger partial charge in [-0.3, -0.25) is 29.0 Å². The number of hydrogen-bond acceptors (Lipinski definition) is 8. The number of aliphatic hydroxyl groups is 1. The van der Waals surface area contributed by atoms with Gasteiger partial charge >= 0.3 is 0 Å². The third-order valence-corrected chi connectivity index (χ3v) is 10.6. The van der Waals surface area contributed by atoms with E-state index in [1.807, 2.05) is 52.0 Å². The lowest BCUT2D eigenvalue weighted by atomic mass is 9.81. The first-order chi connectivity index (χ1) is 25.9. The largest absolute Gasteiger partial charge is 0.391 e. The minimum absolute atomic E-state index is 0.0117. The second-order valence-electron chi connectivity index (χ2n) is 15.0. The minimum Gasteiger partial charge on any atom is -0.391 e. The fourth-order valence-electron chi connectivity index (χ4n) is 7.07. The zero-order valence-electron chi connectivity index (χ0n) is 31.9. The van der Waals surface area contributed by atoms with Crippen molar-refractivity contribution in [2.24, 2.45) is 29.4 Å². The summed E-state index contributed by atoms with van der Waals surface area (Å²) in [4.78, 5) is 75.2. The van der Waals surface area contributed by atoms with Crippen molar-refractivity contribution in [3.05, 3.63) is 72.2 Å². The summed E-state index contributed by atoms with van der Waals surface area (Å²) in [5, 5.41) is 24.1. The molecule has 5 amide bonds. The molecule has 6 atom stereocenters. The summed E-state index contributed by atoms with van der Waals surface area (Å²) in [6.45, 7) is 7.82. The number of carbonyl (C=O) groups is 5. The molecule has 2 aromatic heterocycles. The Hall–Kier alpha value is -4.91. The molecule has 1 fully saturated rings. The maximum atomic E-state index is 13.9. The van der Waals surface area contributed by atoms with Crippen molar-refractivity contribution in [1.29, 1.82) is 0 Å². The molecule has 3 aromatic rings. The standard InChI is InChI=1S/C41H57N7O6/c1-5-26(4)37(41(54)44-24-29-16-11-12-20-43-29)48-38(51)30(25(2)3)22-35(49)33(21-27-13-7-6-8-14-27)46-40(53)34(23-36(42)50)47-39(52)32-19-18-28-15-9-10-17-31(28)45-32/h9-12,15-20,25-27,30,33-35,37,49H,5-8,13-14,21-24H2,1-4H3,(H2,42,50)(H,44,54)(H,46,53)(H,47,52)(H,48,51)/t26?,30-,33-,34-,35-,37-/m0/s1. The van der Waals surface area contributed by atoms with E-state index in [0.29, 0.717) is 24.1 Å². The van der Waals surface area contributed by atoms with Gasteiger partial charge in [-0.25, -0.2) is 4.98 Å². The number of nitrogens with two attached hydrogens (primary N) is 1. The third-order valence-electron chi connectivity index (χ3n) is 10.6. The Morgan fingerprint density at radius 3 is 2.26 bits per heavy atom. The molecule has 1 unspecified atom stereocenters. The molecule has 0 radical (unpaired) electrons. The Morgan fingerprint density at radius 2 is 1.59 bits per heavy atom. The Bertz CT molecular complexity index is 1710. The monoisotopic (exact) mass is 743 g/mol. The van der Waals surface area contributed by atoms with Crippen LogP contribution in [0.15, 0.2) is 60.8 Å². The molecular weight excluding hydrogens is 686 g/mol. The molecule has 0 saturated heterocycles. The van der Waals surface area contributed by atoms with Gasteiger partial charge in [0, 0.05) is 17.5 Å². The van der Waals surface area contributed by atoms with E-state index in [1.165, 1.54) is 0 Å². The number of amides is 5. The zero-order chi connectivity index (χ0) is 39.2. The van der Waals surface area contributed by atoms with Crippen LogP contribution in [0.4, 0.5) is 0 Å². The predicted molar refractivity (Wildman–Crippen MR) is 206 cm³/mol. The van der Waals surface area contributed by atoms with Crippen molar-refractivity contribution in [1.82, 2.24) is 31.2 Å². The smallest absolute Gasteiger partial charge is 0.270 e. The highest BCUT2D eigenvalue weighted by Crippen LogP contribution is 2.30. The third kappa shape index (κ3) is 12.3. The average Bonchev–Trinajstić information content (AvgIpc) is 3.17. The van der Waals surface area contributed by atoms with Gasteiger partial charge in [-0.1, -0.05) is 96.6 Å². The Labute approximate surface area is 318 Å². The SMILES string of the molecule is CCC(C)[C@H](NC(=O)[C@@H](C[C@H](O)[C@H](CC1CCCCC1)NC(=O)[C@H](CC(N)=O)NC(=O)c1ccc2ccccc2n1)C(C)C)C(=O)NCc1ccccn1. The van der Waals surface area contributed by atoms with Gasteiger partial charge in [-0.05, 0) is 54.9 Å². The fraction of sp³-hybridized carbons (Fsp3) is 0.537. The van der Waals surface area contributed by atoms with Crippen LogP contribution in [0.1, 0.15) is 102 Å². The van der Waals surface area contributed by atoms with E-state index < -0.39 is 54.3 Å². The average molecular weight is 744 g/mol. The van der Waals surface area contributed by atoms with E-state index in [0.717, 1.165) is 37.5 Å². The maximum absolute atomic E-state index is 13.9. The van der Waals surface area contributed by atoms with Crippen molar-refractivity contribution >= 4 is 40.4 Å². The van der Waals surface area contributed by atoms with Gasteiger partial charge in [0.25, 0.3) is 5.91 Å². The minimum atomic E-state index is -1.32. The molecule has 0 spiro atoms. The molecule has 2 heterocycles. The highest BCUT2D eigenvalue weighted by atomic mass is 16.3. The first kappa shape index (κ1) is 41.8. The van der Waals surface area contributed by atoms with Crippen molar-refractivity contribution in [2.45, 2.75) is 116 Å². The van der Waals surface area contributed by atoms with E-state index in [4.69, 9.17) is 5.73 Å². The molecule has 1 aliphatic carbocycles. The number of benzene rings is 1. The molecule has 0 aliphatic heterocycles. The van der Waals surface area contributed by atoms with Crippen LogP contribution in [0, 0.1) is 23.7 Å². The fourth-order valence-corrected chi connectivity index (χ4v) is 7.07. The number of pyridine rings is 2. The molecule has 292 valence electrons. The van der Waals surface area contributed by atoms with E-state index in [-0.39, 0.29) is 48.2 Å². The lowest BCUT2D eigenvalue weighted by Gasteiger charge is -2.34. The van der Waals surface area contributed by atoms with Gasteiger partial charge in [-0.15, -0.1) is 0 Å². The number of fused-ring (bicyclic) bond motifs is 1. The van der Waals surface area contributed by atoms with Crippen molar-refractivity contribution in [3.63, 3.8) is 0 Å². The second kappa shape index (κ2) is 20.5. The normalized spacial score (nSPS) is 16.7. The molecule has 1 aliphatic rings. The number of nitrogens with zero attached hydrogens (tertiary/aromatic N) is 2. The Kier molecular flexibility index (Phi) is 15.9. The van der Waals surface area contributed by atoms with Crippen LogP contribution in [0.25, 0.3) is 10.9 Å². The Morgan fingerprint density at radius 1 is 0.870 bits per heavy atom. The van der Waals surface area contributed by atoms with Gasteiger partial charge in [0.05, 0.1) is 36.3 Å². The van der Waals surface area contributed by atoms with Crippen LogP contribution in [0.3, 0.4) is 0 Å². The topological polar surface area (TPSA) is 206 Å². The van der Waals surface area contributed by atoms with Crippen LogP contribution >= 0.6 is 0 Å². The van der Waals surface area contributed by atoms with Gasteiger partial charge in [0.2, 0.25) is 23.6 Å². The first-order valence-corrected chi connectivity index (χ1v) is 19.3. The second-order valence-corrected chi connectivity index (χ2v) is 15.0. The molecule has 54 heavy (non-hydrogen) atoms. The zero-order valence-corrected chi connectivity index (χ0v) is 31.9. The summed E-state index contributed by atoms with van der Waals surface area (Å²) in [5.74, 6) is -3.65. The molecule has 7 N–H and O–H groups in total. The first-order valence-electron chi connectivity index (χ1n) is 19.3. The van der Waals surface area contributed by atoms with Crippen molar-refractivity contribution in [2.75, 3.05) is 0 Å². The number of nitrogens with one attached hydrogen (secondary N) is 4. The molecule has 13 nitrogen and oxygen atoms in total. The number of primary amides is 1. The molecule has 4 rings (SSSR count). The highest BCUT2D eigenvalue weighted by Gasteiger charge is 2.36. The number of hydrogen-bond donors (Lipinski definition) is 6. The molecule has 1 saturated carbocycles. The molecule has 0 bridgehead atoms. The van der Waals surface area contributed by atoms with E-state index >= 15 is 0 Å². The van der Waals surface area contributed by atoms with Crippen molar-refractivity contribution < 1.29 is 29.1 Å². The van der Waals surface area contributed by atoms with E-state index in [9.17, 15) is 29.1 Å². The summed E-state index contributed by atoms with van der Waals surface area (Å²) in [6, 6.07) is 13.1. The van der Waals surface area contributed by atoms with Crippen LogP contribution in [0.2, 0.25) is 0 Å². The van der Waals surface area contributed by atoms with Crippen LogP contribution in [-0.4, -0.2) is 68.8 Å². The number of carbonyl (C=O) groups excluding carboxylic acids is 5. The van der Waals surface area contributed by atoms with Gasteiger partial charge < -0.3 is 32.1 Å². The summed E-state index contributed by atoms with van der Waals surface area (Å²) < 4.78 is 0. The van der Waals surface area contributed by atoms with Crippen LogP contribution in [-0.2, 0) is 25.7 Å². The lowest BCUT2D eigenvalue weighted by Crippen LogP contribution is -2.55. The molecule has 13 heteroatoms. The number of rotatable bonds is 19. The number of para-hydroxylation sites is 1. The van der Waals surface area contributed by atoms with E-state index in [1.54, 1.807) is 36.5 Å². The Balaban J connectivity index is 1.49. The number of aromatic nitrogens is 2. The summed E-state index contributed by atoms with van der Waals surface area (Å²) in [6.07, 6.45) is 6.21. The highest BCUT2D eigenvalue weighted by molar-refractivity contribution is 5.99. The molecule has 1 aromatic carbocycles. The van der Waals surface area contributed by atoms with Crippen LogP contribution < -0.4 is 27.0 Å². The van der Waals surface area contributed by atoms with Gasteiger partial charge in [-0.2, -0.15) is 0 Å². The van der Waals surface area contributed by atoms with Crippen molar-refractivity contribution in [3.8, 4) is 0 Å². The quantitative estimate of drug-likeness (QED) is 0.106. The summed E-state index contributed by atoms with van der Waals surface area (Å²) in [5.41, 5.74) is 6.88. The lowest BCUT2D eigenvalue weighted by molar-refractivity contribution is -0.134. The number of aliphatic hydroxyl groups excluding tert-OH is 1.